The van der Waals surface area contributed by atoms with E-state index in [0.717, 1.165) is 27.7 Å². The van der Waals surface area contributed by atoms with E-state index in [1.54, 1.807) is 18.7 Å². The van der Waals surface area contributed by atoms with E-state index in [1.807, 2.05) is 6.07 Å². The molecule has 0 atom stereocenters. The Kier molecular flexibility index (Phi) is 2.42. The average Bonchev–Trinajstić information content (AvgIpc) is 3.25. The Morgan fingerprint density at radius 2 is 2.05 bits per heavy atom. The van der Waals surface area contributed by atoms with Crippen LogP contribution in [0.5, 0.6) is 0 Å². The van der Waals surface area contributed by atoms with Crippen LogP contribution in [0.4, 0.5) is 11.5 Å². The maximum absolute atomic E-state index is 4.58. The number of nitrogens with zero attached hydrogens (tertiary/aromatic N) is 4. The molecular weight excluding hydrogens is 340 g/mol. The molecule has 1 aromatic carbocycles. The summed E-state index contributed by atoms with van der Waals surface area (Å²) in [4.78, 5) is 15.4. The molecule has 1 fully saturated rings. The van der Waals surface area contributed by atoms with Crippen molar-refractivity contribution >= 4 is 38.3 Å². The van der Waals surface area contributed by atoms with Gasteiger partial charge in [-0.1, -0.05) is 22.0 Å². The van der Waals surface area contributed by atoms with Gasteiger partial charge in [-0.15, -0.1) is 0 Å². The molecule has 2 aromatic heterocycles. The fourth-order valence-electron chi connectivity index (χ4n) is 3.53. The number of hydrogen-bond donors (Lipinski definition) is 0. The summed E-state index contributed by atoms with van der Waals surface area (Å²) < 4.78 is 1.11. The third kappa shape index (κ3) is 1.66. The molecule has 22 heavy (non-hydrogen) atoms. The van der Waals surface area contributed by atoms with Crippen LogP contribution in [0.1, 0.15) is 18.4 Å². The predicted molar refractivity (Wildman–Crippen MR) is 89.4 cm³/mol. The quantitative estimate of drug-likeness (QED) is 0.664. The third-order valence-corrected chi connectivity index (χ3v) is 5.30. The van der Waals surface area contributed by atoms with Gasteiger partial charge in [0, 0.05) is 33.7 Å². The van der Waals surface area contributed by atoms with Crippen molar-refractivity contribution in [2.24, 2.45) is 0 Å². The van der Waals surface area contributed by atoms with Crippen LogP contribution in [0.15, 0.2) is 47.5 Å². The van der Waals surface area contributed by atoms with Crippen LogP contribution in [0.2, 0.25) is 0 Å². The molecule has 0 amide bonds. The first-order valence-corrected chi connectivity index (χ1v) is 8.18. The van der Waals surface area contributed by atoms with Crippen LogP contribution in [0, 0.1) is 0 Å². The highest BCUT2D eigenvalue weighted by Gasteiger charge is 2.52. The number of aromatic nitrogens is 3. The van der Waals surface area contributed by atoms with Crippen molar-refractivity contribution in [2.45, 2.75) is 18.3 Å². The molecule has 4 nitrogen and oxygen atoms in total. The van der Waals surface area contributed by atoms with Gasteiger partial charge in [0.2, 0.25) is 0 Å². The van der Waals surface area contributed by atoms with Crippen LogP contribution in [-0.4, -0.2) is 21.5 Å². The van der Waals surface area contributed by atoms with Gasteiger partial charge in [-0.3, -0.25) is 4.98 Å². The van der Waals surface area contributed by atoms with E-state index in [4.69, 9.17) is 0 Å². The fraction of sp³-hybridized carbons (Fsp3) is 0.235. The molecule has 108 valence electrons. The predicted octanol–water partition coefficient (Wildman–Crippen LogP) is 3.97. The fourth-order valence-corrected chi connectivity index (χ4v) is 3.87. The summed E-state index contributed by atoms with van der Waals surface area (Å²) in [6.45, 7) is 1.01. The maximum atomic E-state index is 4.58. The number of fused-ring (bicyclic) bond motifs is 3. The minimum atomic E-state index is 0.334. The molecule has 3 aromatic rings. The second-order valence-electron chi connectivity index (χ2n) is 6.12. The van der Waals surface area contributed by atoms with E-state index in [1.165, 1.54) is 24.1 Å². The molecule has 1 aliphatic carbocycles. The first kappa shape index (κ1) is 12.5. The number of hydrogen-bond acceptors (Lipinski definition) is 4. The lowest BCUT2D eigenvalue weighted by molar-refractivity contribution is 0.741. The van der Waals surface area contributed by atoms with Gasteiger partial charge in [0.15, 0.2) is 0 Å². The van der Waals surface area contributed by atoms with Gasteiger partial charge >= 0.3 is 0 Å². The summed E-state index contributed by atoms with van der Waals surface area (Å²) in [5.41, 5.74) is 3.95. The van der Waals surface area contributed by atoms with E-state index in [0.29, 0.717) is 5.41 Å². The summed E-state index contributed by atoms with van der Waals surface area (Å²) in [6, 6.07) is 8.61. The molecule has 3 heterocycles. The van der Waals surface area contributed by atoms with Gasteiger partial charge < -0.3 is 4.90 Å². The van der Waals surface area contributed by atoms with Crippen molar-refractivity contribution in [3.63, 3.8) is 0 Å². The molecule has 1 spiro atoms. The highest BCUT2D eigenvalue weighted by molar-refractivity contribution is 9.10. The zero-order chi connectivity index (χ0) is 14.7. The number of benzene rings is 1. The van der Waals surface area contributed by atoms with Crippen molar-refractivity contribution < 1.29 is 0 Å². The standard InChI is InChI=1S/C17H13BrN4/c18-11-1-2-13-15(7-11)22(9-17(13)4-5-17)16-12-3-6-19-8-14(12)20-10-21-16/h1-3,6-8,10H,4-5,9H2. The summed E-state index contributed by atoms with van der Waals surface area (Å²) in [6.07, 6.45) is 7.77. The van der Waals surface area contributed by atoms with Gasteiger partial charge in [0.1, 0.15) is 12.1 Å². The van der Waals surface area contributed by atoms with Gasteiger partial charge in [-0.25, -0.2) is 9.97 Å². The first-order valence-electron chi connectivity index (χ1n) is 7.39. The van der Waals surface area contributed by atoms with Gasteiger partial charge in [-0.05, 0) is 36.6 Å². The lowest BCUT2D eigenvalue weighted by Gasteiger charge is -2.20. The molecule has 0 radical (unpaired) electrons. The lowest BCUT2D eigenvalue weighted by atomic mass is 9.99. The number of pyridine rings is 1. The van der Waals surface area contributed by atoms with Crippen molar-refractivity contribution in [1.29, 1.82) is 0 Å². The zero-order valence-electron chi connectivity index (χ0n) is 11.8. The highest BCUT2D eigenvalue weighted by Crippen LogP contribution is 2.58. The van der Waals surface area contributed by atoms with Crippen molar-refractivity contribution in [3.8, 4) is 0 Å². The second kappa shape index (κ2) is 4.26. The average molecular weight is 353 g/mol. The molecule has 0 saturated heterocycles. The van der Waals surface area contributed by atoms with Crippen LogP contribution >= 0.6 is 15.9 Å². The first-order chi connectivity index (χ1) is 10.8. The SMILES string of the molecule is Brc1ccc2c(c1)N(c1ncnc3cnccc13)CC21CC1. The Balaban J connectivity index is 1.75. The molecular formula is C17H13BrN4. The van der Waals surface area contributed by atoms with Crippen LogP contribution in [-0.2, 0) is 5.41 Å². The molecule has 0 bridgehead atoms. The molecule has 1 aliphatic heterocycles. The Bertz CT molecular complexity index is 899. The summed E-state index contributed by atoms with van der Waals surface area (Å²) in [5.74, 6) is 0.982. The molecule has 5 rings (SSSR count). The van der Waals surface area contributed by atoms with Crippen LogP contribution in [0.25, 0.3) is 10.9 Å². The number of rotatable bonds is 1. The van der Waals surface area contributed by atoms with Crippen molar-refractivity contribution in [1.82, 2.24) is 15.0 Å². The molecule has 5 heteroatoms. The van der Waals surface area contributed by atoms with E-state index in [9.17, 15) is 0 Å². The normalized spacial score (nSPS) is 18.0. The Labute approximate surface area is 136 Å². The largest absolute Gasteiger partial charge is 0.325 e. The van der Waals surface area contributed by atoms with E-state index in [2.05, 4.69) is 54.0 Å². The van der Waals surface area contributed by atoms with E-state index >= 15 is 0 Å². The minimum Gasteiger partial charge on any atom is -0.325 e. The van der Waals surface area contributed by atoms with Gasteiger partial charge in [-0.2, -0.15) is 0 Å². The highest BCUT2D eigenvalue weighted by atomic mass is 79.9. The second-order valence-corrected chi connectivity index (χ2v) is 7.03. The van der Waals surface area contributed by atoms with Crippen molar-refractivity contribution in [3.05, 3.63) is 53.0 Å². The topological polar surface area (TPSA) is 41.9 Å². The number of anilines is 2. The Hall–Kier alpha value is -2.01. The third-order valence-electron chi connectivity index (χ3n) is 4.81. The minimum absolute atomic E-state index is 0.334. The van der Waals surface area contributed by atoms with E-state index in [-0.39, 0.29) is 0 Å². The smallest absolute Gasteiger partial charge is 0.144 e. The Morgan fingerprint density at radius 3 is 2.91 bits per heavy atom. The molecule has 0 unspecified atom stereocenters. The number of halogens is 1. The van der Waals surface area contributed by atoms with Crippen LogP contribution < -0.4 is 4.90 Å². The zero-order valence-corrected chi connectivity index (χ0v) is 13.4. The summed E-state index contributed by atoms with van der Waals surface area (Å²) >= 11 is 3.60. The Morgan fingerprint density at radius 1 is 1.14 bits per heavy atom. The lowest BCUT2D eigenvalue weighted by Crippen LogP contribution is -2.20. The molecule has 1 saturated carbocycles. The molecule has 2 aliphatic rings. The van der Waals surface area contributed by atoms with Crippen molar-refractivity contribution in [2.75, 3.05) is 11.4 Å². The maximum Gasteiger partial charge on any atom is 0.144 e. The summed E-state index contributed by atoms with van der Waals surface area (Å²) in [5, 5.41) is 1.06. The monoisotopic (exact) mass is 352 g/mol. The van der Waals surface area contributed by atoms with Gasteiger partial charge in [0.05, 0.1) is 11.7 Å². The van der Waals surface area contributed by atoms with Crippen LogP contribution in [0.3, 0.4) is 0 Å². The van der Waals surface area contributed by atoms with Gasteiger partial charge in [0.25, 0.3) is 0 Å². The van der Waals surface area contributed by atoms with E-state index < -0.39 is 0 Å². The molecule has 0 N–H and O–H groups in total. The summed E-state index contributed by atoms with van der Waals surface area (Å²) in [7, 11) is 0.